The van der Waals surface area contributed by atoms with Gasteiger partial charge in [-0.1, -0.05) is 50.6 Å². The number of methoxy groups -OCH3 is 1. The van der Waals surface area contributed by atoms with Crippen molar-refractivity contribution >= 4 is 17.6 Å². The molecule has 7 rings (SSSR count). The molecule has 200 valence electrons. The van der Waals surface area contributed by atoms with Gasteiger partial charge < -0.3 is 10.1 Å². The zero-order valence-electron chi connectivity index (χ0n) is 23.0. The molecule has 5 heteroatoms. The highest BCUT2D eigenvalue weighted by molar-refractivity contribution is 6.04. The molecule has 5 nitrogen and oxygen atoms in total. The largest absolute Gasteiger partial charge is 0.465 e. The Morgan fingerprint density at radius 2 is 1.64 bits per heavy atom. The monoisotopic (exact) mass is 520 g/mol. The van der Waals surface area contributed by atoms with Gasteiger partial charge in [-0.2, -0.15) is 0 Å². The molecule has 1 N–H and O–H groups in total. The summed E-state index contributed by atoms with van der Waals surface area (Å²) >= 11 is 0. The van der Waals surface area contributed by atoms with E-state index >= 15 is 0 Å². The highest BCUT2D eigenvalue weighted by Gasteiger charge is 2.76. The maximum Gasteiger partial charge on any atom is 0.337 e. The van der Waals surface area contributed by atoms with Crippen LogP contribution in [0.3, 0.4) is 0 Å². The van der Waals surface area contributed by atoms with E-state index in [-0.39, 0.29) is 17.3 Å². The van der Waals surface area contributed by atoms with Gasteiger partial charge in [-0.25, -0.2) is 4.79 Å². The number of ether oxygens (including phenoxy) is 1. The molecule has 39 heavy (non-hydrogen) atoms. The molecule has 0 radical (unpaired) electrons. The van der Waals surface area contributed by atoms with Crippen molar-refractivity contribution in [2.24, 2.45) is 11.8 Å². The van der Waals surface area contributed by atoms with Gasteiger partial charge in [-0.05, 0) is 102 Å². The van der Waals surface area contributed by atoms with E-state index in [0.717, 1.165) is 34.7 Å². The van der Waals surface area contributed by atoms with Gasteiger partial charge in [-0.3, -0.25) is 9.69 Å². The SMILES string of the molecule is CCC1C2N(CC3CC3)C23Cc2ccc(C(=O)Nc4ccc(-c5ccc(C(=O)OC)cc5)cc4)cc2C1(C)C3. The third-order valence-electron chi connectivity index (χ3n) is 10.1. The van der Waals surface area contributed by atoms with Gasteiger partial charge in [0, 0.05) is 29.4 Å². The molecule has 3 aliphatic carbocycles. The van der Waals surface area contributed by atoms with Crippen LogP contribution in [0.5, 0.6) is 0 Å². The lowest BCUT2D eigenvalue weighted by atomic mass is 9.66. The number of amides is 1. The van der Waals surface area contributed by atoms with Crippen LogP contribution in [0.15, 0.2) is 66.7 Å². The standard InChI is InChI=1S/C34H36N2O3/c1-4-28-30-34(36(30)19-21-5-6-21)18-26-12-11-25(17-29(26)33(28,2)20-34)31(37)35-27-15-13-23(14-16-27)22-7-9-24(10-8-22)32(38)39-3/h7-17,21,28,30H,4-6,18-20H2,1-3H3,(H,35,37). The van der Waals surface area contributed by atoms with Gasteiger partial charge in [0.2, 0.25) is 0 Å². The van der Waals surface area contributed by atoms with Crippen molar-refractivity contribution in [1.29, 1.82) is 0 Å². The summed E-state index contributed by atoms with van der Waals surface area (Å²) in [5, 5.41) is 3.10. The average Bonchev–Trinajstić information content (AvgIpc) is 3.86. The van der Waals surface area contributed by atoms with Crippen LogP contribution in [-0.4, -0.2) is 42.0 Å². The maximum atomic E-state index is 13.3. The number of hydrogen-bond donors (Lipinski definition) is 1. The Morgan fingerprint density at radius 3 is 2.28 bits per heavy atom. The van der Waals surface area contributed by atoms with Crippen molar-refractivity contribution in [2.45, 2.75) is 62.9 Å². The Bertz CT molecular complexity index is 1460. The number of anilines is 1. The number of fused-ring (bicyclic) bond motifs is 3. The number of likely N-dealkylation sites (tertiary alicyclic amines) is 1. The Hall–Kier alpha value is -3.44. The van der Waals surface area contributed by atoms with Crippen LogP contribution >= 0.6 is 0 Å². The van der Waals surface area contributed by atoms with E-state index in [9.17, 15) is 9.59 Å². The topological polar surface area (TPSA) is 58.4 Å². The van der Waals surface area contributed by atoms with E-state index in [1.165, 1.54) is 50.5 Å². The van der Waals surface area contributed by atoms with E-state index < -0.39 is 0 Å². The molecule has 4 aliphatic rings. The molecule has 3 fully saturated rings. The third kappa shape index (κ3) is 3.85. The van der Waals surface area contributed by atoms with Gasteiger partial charge in [0.25, 0.3) is 5.91 Å². The minimum atomic E-state index is -0.346. The molecule has 1 saturated heterocycles. The molecular formula is C34H36N2O3. The number of hydrogen-bond acceptors (Lipinski definition) is 4. The predicted molar refractivity (Wildman–Crippen MR) is 153 cm³/mol. The maximum absolute atomic E-state index is 13.3. The van der Waals surface area contributed by atoms with E-state index in [1.807, 2.05) is 42.5 Å². The first-order valence-corrected chi connectivity index (χ1v) is 14.4. The Morgan fingerprint density at radius 1 is 0.974 bits per heavy atom. The van der Waals surface area contributed by atoms with Crippen molar-refractivity contribution in [3.63, 3.8) is 0 Å². The van der Waals surface area contributed by atoms with Crippen LogP contribution in [0, 0.1) is 11.8 Å². The highest BCUT2D eigenvalue weighted by Crippen LogP contribution is 2.69. The van der Waals surface area contributed by atoms with E-state index in [2.05, 4.69) is 36.2 Å². The number of nitrogens with one attached hydrogen (secondary N) is 1. The first-order chi connectivity index (χ1) is 18.9. The Balaban J connectivity index is 1.08. The van der Waals surface area contributed by atoms with E-state index in [1.54, 1.807) is 12.1 Å². The molecule has 1 aliphatic heterocycles. The van der Waals surface area contributed by atoms with Crippen LogP contribution in [0.2, 0.25) is 0 Å². The van der Waals surface area contributed by atoms with Crippen LogP contribution in [0.25, 0.3) is 11.1 Å². The number of carbonyl (C=O) groups is 2. The van der Waals surface area contributed by atoms with Crippen LogP contribution in [0.4, 0.5) is 5.69 Å². The lowest BCUT2D eigenvalue weighted by Gasteiger charge is -2.42. The smallest absolute Gasteiger partial charge is 0.337 e. The van der Waals surface area contributed by atoms with Crippen molar-refractivity contribution < 1.29 is 14.3 Å². The molecule has 1 heterocycles. The molecule has 5 atom stereocenters. The molecule has 3 aromatic carbocycles. The van der Waals surface area contributed by atoms with Crippen molar-refractivity contribution in [1.82, 2.24) is 4.90 Å². The first-order valence-electron chi connectivity index (χ1n) is 14.4. The predicted octanol–water partition coefficient (Wildman–Crippen LogP) is 6.47. The van der Waals surface area contributed by atoms with Gasteiger partial charge >= 0.3 is 5.97 Å². The summed E-state index contributed by atoms with van der Waals surface area (Å²) in [6, 6.07) is 22.3. The van der Waals surface area contributed by atoms with E-state index in [4.69, 9.17) is 4.74 Å². The number of nitrogens with zero attached hydrogens (tertiary/aromatic N) is 1. The number of esters is 1. The molecular weight excluding hydrogens is 484 g/mol. The van der Waals surface area contributed by atoms with Crippen LogP contribution in [-0.2, 0) is 16.6 Å². The fraction of sp³-hybridized carbons (Fsp3) is 0.412. The Labute approximate surface area is 230 Å². The quantitative estimate of drug-likeness (QED) is 0.287. The molecule has 5 unspecified atom stereocenters. The second-order valence-corrected chi connectivity index (χ2v) is 12.4. The molecule has 2 saturated carbocycles. The number of carbonyl (C=O) groups excluding carboxylic acids is 2. The summed E-state index contributed by atoms with van der Waals surface area (Å²) < 4.78 is 4.78. The Kier molecular flexibility index (Phi) is 5.54. The lowest BCUT2D eigenvalue weighted by Crippen LogP contribution is -2.41. The highest BCUT2D eigenvalue weighted by atomic mass is 16.5. The van der Waals surface area contributed by atoms with Gasteiger partial charge in [0.05, 0.1) is 12.7 Å². The van der Waals surface area contributed by atoms with Gasteiger partial charge in [0.15, 0.2) is 0 Å². The molecule has 1 spiro atoms. The summed E-state index contributed by atoms with van der Waals surface area (Å²) in [6.45, 7) is 6.11. The third-order valence-corrected chi connectivity index (χ3v) is 10.1. The van der Waals surface area contributed by atoms with Crippen molar-refractivity contribution in [3.05, 3.63) is 89.0 Å². The van der Waals surface area contributed by atoms with Crippen LogP contribution < -0.4 is 5.32 Å². The fourth-order valence-electron chi connectivity index (χ4n) is 8.09. The minimum Gasteiger partial charge on any atom is -0.465 e. The van der Waals surface area contributed by atoms with E-state index in [0.29, 0.717) is 23.1 Å². The minimum absolute atomic E-state index is 0.0663. The summed E-state index contributed by atoms with van der Waals surface area (Å²) in [4.78, 5) is 27.9. The van der Waals surface area contributed by atoms with Crippen LogP contribution in [0.1, 0.15) is 71.4 Å². The number of rotatable bonds is 7. The second-order valence-electron chi connectivity index (χ2n) is 12.4. The van der Waals surface area contributed by atoms with Gasteiger partial charge in [-0.15, -0.1) is 0 Å². The second kappa shape index (κ2) is 8.79. The summed E-state index contributed by atoms with van der Waals surface area (Å²) in [6.07, 6.45) is 6.38. The first kappa shape index (κ1) is 24.6. The molecule has 3 aromatic rings. The summed E-state index contributed by atoms with van der Waals surface area (Å²) in [5.41, 5.74) is 7.40. The summed E-state index contributed by atoms with van der Waals surface area (Å²) in [7, 11) is 1.38. The molecule has 1 amide bonds. The van der Waals surface area contributed by atoms with Crippen molar-refractivity contribution in [2.75, 3.05) is 19.0 Å². The average molecular weight is 521 g/mol. The zero-order chi connectivity index (χ0) is 26.9. The number of benzene rings is 3. The normalized spacial score (nSPS) is 29.8. The molecule has 2 bridgehead atoms. The summed E-state index contributed by atoms with van der Waals surface area (Å²) in [5.74, 6) is 1.18. The number of piperidine rings is 1. The lowest BCUT2D eigenvalue weighted by molar-refractivity contribution is 0.0600. The van der Waals surface area contributed by atoms with Crippen molar-refractivity contribution in [3.8, 4) is 11.1 Å². The molecule has 0 aromatic heterocycles. The zero-order valence-corrected chi connectivity index (χ0v) is 23.0. The fourth-order valence-corrected chi connectivity index (χ4v) is 8.09. The van der Waals surface area contributed by atoms with Gasteiger partial charge in [0.1, 0.15) is 0 Å².